The summed E-state index contributed by atoms with van der Waals surface area (Å²) in [6.45, 7) is 8.18. The average molecular weight is 539 g/mol. The molecule has 7 rings (SSSR count). The van der Waals surface area contributed by atoms with Crippen molar-refractivity contribution in [2.75, 3.05) is 49.2 Å². The number of ether oxygens (including phenoxy) is 1. The van der Waals surface area contributed by atoms with Gasteiger partial charge in [0.1, 0.15) is 11.6 Å². The van der Waals surface area contributed by atoms with Gasteiger partial charge in [-0.1, -0.05) is 41.6 Å². The molecule has 9 nitrogen and oxygen atoms in total. The van der Waals surface area contributed by atoms with E-state index in [-0.39, 0.29) is 17.4 Å². The number of piperidine rings is 1. The summed E-state index contributed by atoms with van der Waals surface area (Å²) in [7, 11) is 0. The van der Waals surface area contributed by atoms with Gasteiger partial charge in [0.2, 0.25) is 11.9 Å². The molecule has 40 heavy (non-hydrogen) atoms. The van der Waals surface area contributed by atoms with Crippen molar-refractivity contribution in [1.29, 1.82) is 0 Å². The number of anilines is 2. The lowest BCUT2D eigenvalue weighted by Crippen LogP contribution is -2.45. The number of nitrogens with one attached hydrogen (secondary N) is 1. The summed E-state index contributed by atoms with van der Waals surface area (Å²) in [6.07, 6.45) is 2.57. The van der Waals surface area contributed by atoms with Crippen molar-refractivity contribution < 1.29 is 14.1 Å². The van der Waals surface area contributed by atoms with E-state index in [1.54, 1.807) is 0 Å². The van der Waals surface area contributed by atoms with Crippen LogP contribution in [0.4, 0.5) is 11.8 Å². The Morgan fingerprint density at radius 1 is 1.00 bits per heavy atom. The van der Waals surface area contributed by atoms with Gasteiger partial charge in [-0.3, -0.25) is 4.79 Å². The smallest absolute Gasteiger partial charge is 0.227 e. The fourth-order valence-corrected chi connectivity index (χ4v) is 6.65. The number of nitrogens with zero attached hydrogens (tertiary/aromatic N) is 5. The van der Waals surface area contributed by atoms with Crippen LogP contribution in [0.5, 0.6) is 0 Å². The first-order chi connectivity index (χ1) is 19.5. The zero-order valence-corrected chi connectivity index (χ0v) is 23.0. The maximum absolute atomic E-state index is 12.6. The number of fused-ring (bicyclic) bond motifs is 1. The van der Waals surface area contributed by atoms with Crippen LogP contribution in [-0.2, 0) is 9.53 Å². The molecular weight excluding hydrogens is 504 g/mol. The number of aryl methyl sites for hydroxylation is 2. The molecule has 0 aliphatic carbocycles. The fourth-order valence-electron chi connectivity index (χ4n) is 6.65. The number of hydrogen-bond acceptors (Lipinski definition) is 8. The molecule has 2 aromatic carbocycles. The van der Waals surface area contributed by atoms with Crippen molar-refractivity contribution in [2.24, 2.45) is 5.41 Å². The van der Waals surface area contributed by atoms with E-state index in [4.69, 9.17) is 19.2 Å². The second-order valence-corrected chi connectivity index (χ2v) is 11.2. The van der Waals surface area contributed by atoms with Gasteiger partial charge in [-0.25, -0.2) is 4.98 Å². The lowest BCUT2D eigenvalue weighted by atomic mass is 9.77. The van der Waals surface area contributed by atoms with Gasteiger partial charge < -0.3 is 24.4 Å². The van der Waals surface area contributed by atoms with Crippen LogP contribution in [0.25, 0.3) is 22.0 Å². The van der Waals surface area contributed by atoms with Crippen LogP contribution >= 0.6 is 0 Å². The predicted molar refractivity (Wildman–Crippen MR) is 153 cm³/mol. The van der Waals surface area contributed by atoms with E-state index >= 15 is 0 Å². The number of carbonyl (C=O) groups is 1. The van der Waals surface area contributed by atoms with Crippen LogP contribution < -0.4 is 15.1 Å². The van der Waals surface area contributed by atoms with Crippen molar-refractivity contribution in [3.63, 3.8) is 0 Å². The van der Waals surface area contributed by atoms with Crippen LogP contribution in [0.3, 0.4) is 0 Å². The molecule has 9 heteroatoms. The summed E-state index contributed by atoms with van der Waals surface area (Å²) in [5.41, 5.74) is 4.77. The summed E-state index contributed by atoms with van der Waals surface area (Å²) in [5.74, 6) is 2.63. The van der Waals surface area contributed by atoms with Crippen LogP contribution in [0.2, 0.25) is 0 Å². The van der Waals surface area contributed by atoms with Crippen LogP contribution in [0.1, 0.15) is 42.3 Å². The molecule has 0 radical (unpaired) electrons. The highest BCUT2D eigenvalue weighted by molar-refractivity contribution is 5.94. The van der Waals surface area contributed by atoms with Gasteiger partial charge >= 0.3 is 0 Å². The lowest BCUT2D eigenvalue weighted by molar-refractivity contribution is -0.128. The number of rotatable bonds is 4. The quantitative estimate of drug-likeness (QED) is 0.403. The van der Waals surface area contributed by atoms with Gasteiger partial charge in [0.05, 0.1) is 35.9 Å². The third-order valence-electron chi connectivity index (χ3n) is 8.94. The molecule has 2 aromatic heterocycles. The molecule has 206 valence electrons. The van der Waals surface area contributed by atoms with E-state index in [0.29, 0.717) is 13.2 Å². The number of benzene rings is 2. The SMILES string of the molecule is Cc1noc(C)c1-c1ccc2nc(N3CCC4(CCNC4=O)CC3)nc(N3CCOCC3c3ccccc3)c2c1. The zero-order chi connectivity index (χ0) is 27.3. The van der Waals surface area contributed by atoms with Gasteiger partial charge in [0.15, 0.2) is 0 Å². The van der Waals surface area contributed by atoms with E-state index in [1.807, 2.05) is 19.9 Å². The van der Waals surface area contributed by atoms with E-state index in [1.165, 1.54) is 5.56 Å². The molecule has 5 heterocycles. The largest absolute Gasteiger partial charge is 0.377 e. The monoisotopic (exact) mass is 538 g/mol. The molecule has 3 aliphatic rings. The topological polar surface area (TPSA) is 96.6 Å². The maximum atomic E-state index is 12.6. The molecule has 1 unspecified atom stereocenters. The van der Waals surface area contributed by atoms with Crippen molar-refractivity contribution in [3.8, 4) is 11.1 Å². The number of amides is 1. The Balaban J connectivity index is 1.33. The molecule has 1 atom stereocenters. The number of carbonyl (C=O) groups excluding carboxylic acids is 1. The third kappa shape index (κ3) is 4.20. The summed E-state index contributed by atoms with van der Waals surface area (Å²) in [4.78, 5) is 27.6. The first-order valence-corrected chi connectivity index (χ1v) is 14.2. The van der Waals surface area contributed by atoms with Gasteiger partial charge in [-0.05, 0) is 56.4 Å². The fraction of sp³-hybridized carbons (Fsp3) is 0.419. The zero-order valence-electron chi connectivity index (χ0n) is 23.0. The van der Waals surface area contributed by atoms with Gasteiger partial charge in [-0.2, -0.15) is 4.98 Å². The molecule has 1 amide bonds. The molecule has 1 spiro atoms. The third-order valence-corrected chi connectivity index (χ3v) is 8.94. The summed E-state index contributed by atoms with van der Waals surface area (Å²) in [5, 5.41) is 8.21. The highest BCUT2D eigenvalue weighted by atomic mass is 16.5. The Bertz CT molecular complexity index is 1540. The minimum Gasteiger partial charge on any atom is -0.377 e. The van der Waals surface area contributed by atoms with Crippen molar-refractivity contribution in [1.82, 2.24) is 20.4 Å². The molecule has 4 aromatic rings. The second kappa shape index (κ2) is 9.89. The predicted octanol–water partition coefficient (Wildman–Crippen LogP) is 4.59. The molecular formula is C31H34N6O3. The van der Waals surface area contributed by atoms with Crippen molar-refractivity contribution in [2.45, 2.75) is 39.2 Å². The molecule has 0 bridgehead atoms. The molecule has 3 aliphatic heterocycles. The highest BCUT2D eigenvalue weighted by Gasteiger charge is 2.44. The maximum Gasteiger partial charge on any atom is 0.227 e. The Hall–Kier alpha value is -3.98. The standard InChI is InChI=1S/C31H34N6O3/c1-20-27(21(2)40-35-20)23-8-9-25-24(18-23)28(37-16-17-39-19-26(37)22-6-4-3-5-7-22)34-30(33-25)36-14-11-31(12-15-36)10-13-32-29(31)38/h3-9,18,26H,10-17,19H2,1-2H3,(H,32,38). The molecule has 1 N–H and O–H groups in total. The number of hydrogen-bond donors (Lipinski definition) is 1. The normalized spacial score (nSPS) is 20.9. The molecule has 3 fully saturated rings. The van der Waals surface area contributed by atoms with Gasteiger partial charge in [0.25, 0.3) is 0 Å². The molecule has 3 saturated heterocycles. The summed E-state index contributed by atoms with van der Waals surface area (Å²) >= 11 is 0. The summed E-state index contributed by atoms with van der Waals surface area (Å²) < 4.78 is 11.5. The Kier molecular flexibility index (Phi) is 6.19. The van der Waals surface area contributed by atoms with Crippen molar-refractivity contribution >= 4 is 28.6 Å². The Morgan fingerprint density at radius 2 is 1.82 bits per heavy atom. The van der Waals surface area contributed by atoms with E-state index < -0.39 is 0 Å². The Morgan fingerprint density at radius 3 is 2.55 bits per heavy atom. The van der Waals surface area contributed by atoms with Gasteiger partial charge in [0, 0.05) is 37.1 Å². The van der Waals surface area contributed by atoms with Crippen LogP contribution in [0, 0.1) is 19.3 Å². The van der Waals surface area contributed by atoms with E-state index in [0.717, 1.165) is 90.7 Å². The molecule has 0 saturated carbocycles. The average Bonchev–Trinajstić information content (AvgIpc) is 3.52. The summed E-state index contributed by atoms with van der Waals surface area (Å²) in [6, 6.07) is 16.9. The first kappa shape index (κ1) is 25.0. The Labute approximate surface area is 233 Å². The number of aromatic nitrogens is 3. The lowest BCUT2D eigenvalue weighted by Gasteiger charge is -2.39. The second-order valence-electron chi connectivity index (χ2n) is 11.2. The van der Waals surface area contributed by atoms with E-state index in [9.17, 15) is 4.79 Å². The van der Waals surface area contributed by atoms with Crippen LogP contribution in [-0.4, -0.2) is 60.4 Å². The van der Waals surface area contributed by atoms with E-state index in [2.05, 4.69) is 62.7 Å². The minimum atomic E-state index is -0.234. The first-order valence-electron chi connectivity index (χ1n) is 14.2. The van der Waals surface area contributed by atoms with Crippen LogP contribution in [0.15, 0.2) is 53.1 Å². The van der Waals surface area contributed by atoms with Crippen molar-refractivity contribution in [3.05, 3.63) is 65.5 Å². The highest BCUT2D eigenvalue weighted by Crippen LogP contribution is 2.41. The minimum absolute atomic E-state index is 0.0374. The van der Waals surface area contributed by atoms with Gasteiger partial charge in [-0.15, -0.1) is 0 Å². The number of morpholine rings is 1.